The van der Waals surface area contributed by atoms with E-state index in [0.717, 1.165) is 23.1 Å². The molecule has 2 N–H and O–H groups in total. The summed E-state index contributed by atoms with van der Waals surface area (Å²) in [5.41, 5.74) is 8.36. The zero-order valence-electron chi connectivity index (χ0n) is 10.9. The summed E-state index contributed by atoms with van der Waals surface area (Å²) in [7, 11) is 0. The van der Waals surface area contributed by atoms with Gasteiger partial charge in [-0.15, -0.1) is 0 Å². The maximum atomic E-state index is 5.80. The molecule has 0 aliphatic heterocycles. The van der Waals surface area contributed by atoms with Crippen LogP contribution in [0.1, 0.15) is 18.1 Å². The molecule has 102 valence electrons. The van der Waals surface area contributed by atoms with E-state index in [1.165, 1.54) is 11.1 Å². The van der Waals surface area contributed by atoms with Crippen molar-refractivity contribution in [1.82, 2.24) is 0 Å². The van der Waals surface area contributed by atoms with E-state index in [2.05, 4.69) is 44.9 Å². The highest BCUT2D eigenvalue weighted by Crippen LogP contribution is 2.26. The lowest BCUT2D eigenvalue weighted by Gasteiger charge is -2.10. The van der Waals surface area contributed by atoms with Crippen LogP contribution in [0.4, 0.5) is 0 Å². The van der Waals surface area contributed by atoms with Crippen LogP contribution in [0.2, 0.25) is 0 Å². The third-order valence-corrected chi connectivity index (χ3v) is 4.13. The van der Waals surface area contributed by atoms with Crippen LogP contribution in [0.25, 0.3) is 0 Å². The van der Waals surface area contributed by atoms with Crippen molar-refractivity contribution in [2.75, 3.05) is 6.61 Å². The predicted octanol–water partition coefficient (Wildman–Crippen LogP) is 4.02. The molecule has 1 atom stereocenters. The molecular formula is C15H18BrNOS. The fourth-order valence-electron chi connectivity index (χ4n) is 1.87. The van der Waals surface area contributed by atoms with Crippen LogP contribution in [0.15, 0.2) is 39.5 Å². The minimum absolute atomic E-state index is 0.178. The number of ether oxygens (including phenoxy) is 1. The predicted molar refractivity (Wildman–Crippen MR) is 85.0 cm³/mol. The Hall–Kier alpha value is -0.840. The highest BCUT2D eigenvalue weighted by atomic mass is 79.9. The van der Waals surface area contributed by atoms with Gasteiger partial charge in [0.05, 0.1) is 11.1 Å². The van der Waals surface area contributed by atoms with Gasteiger partial charge < -0.3 is 10.5 Å². The molecule has 0 radical (unpaired) electrons. The summed E-state index contributed by atoms with van der Waals surface area (Å²) in [4.78, 5) is 0. The maximum absolute atomic E-state index is 5.80. The van der Waals surface area contributed by atoms with Crippen molar-refractivity contribution in [3.8, 4) is 5.75 Å². The first kappa shape index (κ1) is 14.6. The second-order valence-corrected chi connectivity index (χ2v) is 6.31. The zero-order chi connectivity index (χ0) is 13.7. The van der Waals surface area contributed by atoms with Crippen LogP contribution in [0.3, 0.4) is 0 Å². The monoisotopic (exact) mass is 339 g/mol. The van der Waals surface area contributed by atoms with Gasteiger partial charge >= 0.3 is 0 Å². The molecule has 0 saturated carbocycles. The smallest absolute Gasteiger partial charge is 0.133 e. The van der Waals surface area contributed by atoms with Crippen LogP contribution >= 0.6 is 27.3 Å². The number of hydrogen-bond acceptors (Lipinski definition) is 3. The van der Waals surface area contributed by atoms with Gasteiger partial charge in [-0.1, -0.05) is 6.07 Å². The highest BCUT2D eigenvalue weighted by molar-refractivity contribution is 9.10. The molecule has 0 spiro atoms. The Morgan fingerprint density at radius 1 is 1.32 bits per heavy atom. The van der Waals surface area contributed by atoms with Crippen molar-refractivity contribution in [1.29, 1.82) is 0 Å². The second-order valence-electron chi connectivity index (χ2n) is 4.68. The van der Waals surface area contributed by atoms with E-state index in [1.807, 2.05) is 13.0 Å². The van der Waals surface area contributed by atoms with Crippen molar-refractivity contribution in [3.05, 3.63) is 50.6 Å². The van der Waals surface area contributed by atoms with Gasteiger partial charge in [0.15, 0.2) is 0 Å². The van der Waals surface area contributed by atoms with Gasteiger partial charge in [0, 0.05) is 12.5 Å². The Balaban J connectivity index is 1.90. The molecule has 0 bridgehead atoms. The average molecular weight is 340 g/mol. The van der Waals surface area contributed by atoms with Crippen molar-refractivity contribution >= 4 is 27.3 Å². The number of benzene rings is 1. The largest absolute Gasteiger partial charge is 0.492 e. The molecule has 0 saturated heterocycles. The fraction of sp³-hybridized carbons (Fsp3) is 0.333. The number of halogens is 1. The highest BCUT2D eigenvalue weighted by Gasteiger charge is 2.05. The number of thiophene rings is 1. The normalized spacial score (nSPS) is 12.4. The van der Waals surface area contributed by atoms with Crippen LogP contribution in [-0.4, -0.2) is 12.6 Å². The summed E-state index contributed by atoms with van der Waals surface area (Å²) in [5.74, 6) is 0.892. The summed E-state index contributed by atoms with van der Waals surface area (Å²) in [6.45, 7) is 2.71. The van der Waals surface area contributed by atoms with E-state index in [-0.39, 0.29) is 6.04 Å². The summed E-state index contributed by atoms with van der Waals surface area (Å²) in [6, 6.07) is 8.49. The minimum atomic E-state index is 0.178. The first-order valence-electron chi connectivity index (χ1n) is 6.33. The Morgan fingerprint density at radius 3 is 2.79 bits per heavy atom. The third kappa shape index (κ3) is 4.64. The molecule has 1 heterocycles. The van der Waals surface area contributed by atoms with Crippen molar-refractivity contribution in [2.24, 2.45) is 5.73 Å². The lowest BCUT2D eigenvalue weighted by molar-refractivity contribution is 0.320. The molecule has 19 heavy (non-hydrogen) atoms. The summed E-state index contributed by atoms with van der Waals surface area (Å²) >= 11 is 5.27. The van der Waals surface area contributed by atoms with E-state index in [4.69, 9.17) is 10.5 Å². The van der Waals surface area contributed by atoms with Gasteiger partial charge in [0.25, 0.3) is 0 Å². The number of rotatable bonds is 6. The molecule has 1 aromatic heterocycles. The van der Waals surface area contributed by atoms with E-state index in [9.17, 15) is 0 Å². The SMILES string of the molecule is CC(N)Cc1ccc(OCCc2ccsc2)c(Br)c1. The Bertz CT molecular complexity index is 511. The third-order valence-electron chi connectivity index (χ3n) is 2.78. The first-order chi connectivity index (χ1) is 9.15. The Kier molecular flexibility index (Phi) is 5.43. The molecule has 0 aliphatic rings. The topological polar surface area (TPSA) is 35.2 Å². The molecular weight excluding hydrogens is 322 g/mol. The van der Waals surface area contributed by atoms with Crippen LogP contribution in [0, 0.1) is 0 Å². The Morgan fingerprint density at radius 2 is 2.16 bits per heavy atom. The van der Waals surface area contributed by atoms with Crippen LogP contribution < -0.4 is 10.5 Å². The van der Waals surface area contributed by atoms with Gasteiger partial charge in [-0.25, -0.2) is 0 Å². The lowest BCUT2D eigenvalue weighted by Crippen LogP contribution is -2.17. The first-order valence-corrected chi connectivity index (χ1v) is 8.06. The Labute approximate surface area is 126 Å². The van der Waals surface area contributed by atoms with Crippen molar-refractivity contribution in [2.45, 2.75) is 25.8 Å². The van der Waals surface area contributed by atoms with Crippen molar-refractivity contribution < 1.29 is 4.74 Å². The van der Waals surface area contributed by atoms with E-state index >= 15 is 0 Å². The number of hydrogen-bond donors (Lipinski definition) is 1. The molecule has 1 unspecified atom stereocenters. The van der Waals surface area contributed by atoms with Gasteiger partial charge in [-0.2, -0.15) is 11.3 Å². The quantitative estimate of drug-likeness (QED) is 0.862. The van der Waals surface area contributed by atoms with Gasteiger partial charge in [-0.3, -0.25) is 0 Å². The standard InChI is InChI=1S/C15H18BrNOS/c1-11(17)8-13-2-3-15(14(16)9-13)18-6-4-12-5-7-19-10-12/h2-3,5,7,9-11H,4,6,8,17H2,1H3. The lowest BCUT2D eigenvalue weighted by atomic mass is 10.1. The molecule has 0 fully saturated rings. The van der Waals surface area contributed by atoms with Gasteiger partial charge in [0.1, 0.15) is 5.75 Å². The van der Waals surface area contributed by atoms with Crippen molar-refractivity contribution in [3.63, 3.8) is 0 Å². The van der Waals surface area contributed by atoms with Gasteiger partial charge in [-0.05, 0) is 69.4 Å². The van der Waals surface area contributed by atoms with Crippen LogP contribution in [-0.2, 0) is 12.8 Å². The summed E-state index contributed by atoms with van der Waals surface area (Å²) in [5, 5.41) is 4.25. The molecule has 2 rings (SSSR count). The second kappa shape index (κ2) is 7.08. The van der Waals surface area contributed by atoms with E-state index in [0.29, 0.717) is 6.61 Å². The summed E-state index contributed by atoms with van der Waals surface area (Å²) < 4.78 is 6.79. The molecule has 0 aliphatic carbocycles. The van der Waals surface area contributed by atoms with E-state index < -0.39 is 0 Å². The fourth-order valence-corrected chi connectivity index (χ4v) is 3.12. The number of nitrogens with two attached hydrogens (primary N) is 1. The minimum Gasteiger partial charge on any atom is -0.492 e. The van der Waals surface area contributed by atoms with Crippen LogP contribution in [0.5, 0.6) is 5.75 Å². The summed E-state index contributed by atoms with van der Waals surface area (Å²) in [6.07, 6.45) is 1.82. The average Bonchev–Trinajstić information content (AvgIpc) is 2.84. The molecule has 4 heteroatoms. The molecule has 2 aromatic rings. The maximum Gasteiger partial charge on any atom is 0.133 e. The molecule has 1 aromatic carbocycles. The van der Waals surface area contributed by atoms with Gasteiger partial charge in [0.2, 0.25) is 0 Å². The van der Waals surface area contributed by atoms with E-state index in [1.54, 1.807) is 11.3 Å². The zero-order valence-corrected chi connectivity index (χ0v) is 13.3. The molecule has 2 nitrogen and oxygen atoms in total. The molecule has 0 amide bonds.